The number of nitro benzene ring substituents is 1. The molecule has 1 aliphatic rings. The Kier molecular flexibility index (Phi) is 3.43. The average Bonchev–Trinajstić information content (AvgIpc) is 2.77. The summed E-state index contributed by atoms with van der Waals surface area (Å²) in [6, 6.07) is 2.60. The molecule has 1 aromatic carbocycles. The Morgan fingerprint density at radius 2 is 2.30 bits per heavy atom. The number of halogens is 2. The van der Waals surface area contributed by atoms with E-state index in [-0.39, 0.29) is 17.3 Å². The lowest BCUT2D eigenvalue weighted by molar-refractivity contribution is -0.384. The molecule has 1 saturated heterocycles. The maximum Gasteiger partial charge on any atom is 0.272 e. The zero-order chi connectivity index (χ0) is 14.3. The molecule has 0 aliphatic carbocycles. The molecule has 8 heteroatoms. The second kappa shape index (κ2) is 5.10. The van der Waals surface area contributed by atoms with Crippen LogP contribution in [0.4, 0.5) is 10.1 Å². The van der Waals surface area contributed by atoms with Crippen molar-refractivity contribution in [2.75, 3.05) is 6.61 Å². The Morgan fingerprint density at radius 3 is 2.95 bits per heavy atom. The molecule has 0 N–H and O–H groups in total. The topological polar surface area (TPSA) is 70.2 Å². The fourth-order valence-electron chi connectivity index (χ4n) is 2.40. The van der Waals surface area contributed by atoms with Gasteiger partial charge in [-0.05, 0) is 35.2 Å². The van der Waals surface area contributed by atoms with Gasteiger partial charge in [-0.15, -0.1) is 5.10 Å². The molecule has 3 rings (SSSR count). The van der Waals surface area contributed by atoms with Crippen LogP contribution in [0.25, 0.3) is 10.9 Å². The summed E-state index contributed by atoms with van der Waals surface area (Å²) in [7, 11) is 0. The number of rotatable bonds is 2. The highest BCUT2D eigenvalue weighted by molar-refractivity contribution is 9.10. The molecule has 2 aromatic rings. The van der Waals surface area contributed by atoms with E-state index in [0.717, 1.165) is 19.3 Å². The number of nitrogens with zero attached hydrogens (tertiary/aromatic N) is 3. The maximum atomic E-state index is 14.0. The van der Waals surface area contributed by atoms with Crippen molar-refractivity contribution in [3.8, 4) is 0 Å². The first-order chi connectivity index (χ1) is 9.58. The number of non-ortho nitro benzene ring substituents is 1. The van der Waals surface area contributed by atoms with Crippen LogP contribution in [0.3, 0.4) is 0 Å². The van der Waals surface area contributed by atoms with Crippen LogP contribution in [-0.2, 0) is 4.74 Å². The minimum atomic E-state index is -0.657. The van der Waals surface area contributed by atoms with Crippen molar-refractivity contribution in [2.45, 2.75) is 25.5 Å². The second-order valence-electron chi connectivity index (χ2n) is 4.64. The summed E-state index contributed by atoms with van der Waals surface area (Å²) in [4.78, 5) is 10.4. The van der Waals surface area contributed by atoms with Gasteiger partial charge in [0.2, 0.25) is 5.95 Å². The van der Waals surface area contributed by atoms with E-state index in [0.29, 0.717) is 16.6 Å². The van der Waals surface area contributed by atoms with Crippen LogP contribution in [0.2, 0.25) is 0 Å². The third kappa shape index (κ3) is 2.18. The van der Waals surface area contributed by atoms with Gasteiger partial charge < -0.3 is 4.74 Å². The molecule has 0 radical (unpaired) electrons. The highest BCUT2D eigenvalue weighted by Crippen LogP contribution is 2.34. The third-order valence-corrected chi connectivity index (χ3v) is 3.97. The lowest BCUT2D eigenvalue weighted by atomic mass is 10.2. The number of hydrogen-bond acceptors (Lipinski definition) is 4. The lowest BCUT2D eigenvalue weighted by Crippen LogP contribution is -2.19. The van der Waals surface area contributed by atoms with Gasteiger partial charge in [0.25, 0.3) is 5.69 Å². The smallest absolute Gasteiger partial charge is 0.272 e. The van der Waals surface area contributed by atoms with E-state index in [1.54, 1.807) is 0 Å². The lowest BCUT2D eigenvalue weighted by Gasteiger charge is -2.23. The van der Waals surface area contributed by atoms with Crippen molar-refractivity contribution in [1.82, 2.24) is 9.78 Å². The highest BCUT2D eigenvalue weighted by atomic mass is 79.9. The van der Waals surface area contributed by atoms with Gasteiger partial charge in [-0.1, -0.05) is 0 Å². The summed E-state index contributed by atoms with van der Waals surface area (Å²) >= 11 is 3.17. The average molecular weight is 344 g/mol. The van der Waals surface area contributed by atoms with Gasteiger partial charge in [0.05, 0.1) is 15.8 Å². The van der Waals surface area contributed by atoms with Crippen molar-refractivity contribution in [1.29, 1.82) is 0 Å². The van der Waals surface area contributed by atoms with Gasteiger partial charge in [0.1, 0.15) is 0 Å². The molecular formula is C12H11BrFN3O3. The fourth-order valence-corrected chi connectivity index (χ4v) is 3.00. The van der Waals surface area contributed by atoms with Crippen molar-refractivity contribution in [3.05, 3.63) is 32.7 Å². The summed E-state index contributed by atoms with van der Waals surface area (Å²) in [6.07, 6.45) is 2.27. The van der Waals surface area contributed by atoms with Gasteiger partial charge in [0, 0.05) is 23.2 Å². The molecule has 6 nitrogen and oxygen atoms in total. The van der Waals surface area contributed by atoms with Crippen LogP contribution in [0, 0.1) is 16.1 Å². The number of benzene rings is 1. The van der Waals surface area contributed by atoms with Gasteiger partial charge in [-0.2, -0.15) is 4.39 Å². The zero-order valence-electron chi connectivity index (χ0n) is 10.4. The summed E-state index contributed by atoms with van der Waals surface area (Å²) in [5, 5.41) is 15.0. The largest absolute Gasteiger partial charge is 0.356 e. The Bertz CT molecular complexity index is 682. The molecular weight excluding hydrogens is 333 g/mol. The van der Waals surface area contributed by atoms with E-state index in [1.165, 1.54) is 16.8 Å². The molecule has 0 amide bonds. The number of nitro groups is 1. The van der Waals surface area contributed by atoms with E-state index in [2.05, 4.69) is 21.0 Å². The minimum absolute atomic E-state index is 0.110. The van der Waals surface area contributed by atoms with Crippen LogP contribution in [0.15, 0.2) is 16.6 Å². The Hall–Kier alpha value is -1.54. The van der Waals surface area contributed by atoms with Crippen LogP contribution in [0.5, 0.6) is 0 Å². The first kappa shape index (κ1) is 13.4. The maximum absolute atomic E-state index is 14.0. The molecule has 0 bridgehead atoms. The normalized spacial score (nSPS) is 19.4. The molecule has 1 aromatic heterocycles. The molecule has 106 valence electrons. The van der Waals surface area contributed by atoms with E-state index in [4.69, 9.17) is 4.74 Å². The zero-order valence-corrected chi connectivity index (χ0v) is 12.0. The first-order valence-corrected chi connectivity index (χ1v) is 7.00. The second-order valence-corrected chi connectivity index (χ2v) is 5.49. The van der Waals surface area contributed by atoms with Gasteiger partial charge in [-0.25, -0.2) is 4.68 Å². The van der Waals surface area contributed by atoms with Gasteiger partial charge >= 0.3 is 0 Å². The van der Waals surface area contributed by atoms with E-state index in [1.807, 2.05) is 0 Å². The van der Waals surface area contributed by atoms with E-state index >= 15 is 0 Å². The summed E-state index contributed by atoms with van der Waals surface area (Å²) in [5.74, 6) is -0.657. The highest BCUT2D eigenvalue weighted by Gasteiger charge is 2.24. The van der Waals surface area contributed by atoms with E-state index in [9.17, 15) is 14.5 Å². The van der Waals surface area contributed by atoms with Crippen molar-refractivity contribution in [3.63, 3.8) is 0 Å². The quantitative estimate of drug-likeness (QED) is 0.617. The summed E-state index contributed by atoms with van der Waals surface area (Å²) < 4.78 is 21.3. The Balaban J connectivity index is 2.19. The predicted molar refractivity (Wildman–Crippen MR) is 72.9 cm³/mol. The molecule has 0 saturated carbocycles. The number of hydrogen-bond donors (Lipinski definition) is 0. The third-order valence-electron chi connectivity index (χ3n) is 3.34. The molecule has 1 fully saturated rings. The molecule has 2 heterocycles. The number of fused-ring (bicyclic) bond motifs is 1. The molecule has 20 heavy (non-hydrogen) atoms. The van der Waals surface area contributed by atoms with Crippen LogP contribution in [-0.4, -0.2) is 21.3 Å². The first-order valence-electron chi connectivity index (χ1n) is 6.21. The predicted octanol–water partition coefficient (Wildman–Crippen LogP) is 3.55. The Labute approximate surface area is 121 Å². The Morgan fingerprint density at radius 1 is 1.50 bits per heavy atom. The van der Waals surface area contributed by atoms with Gasteiger partial charge in [-0.3, -0.25) is 10.1 Å². The fraction of sp³-hybridized carbons (Fsp3) is 0.417. The number of ether oxygens (including phenoxy) is 1. The van der Waals surface area contributed by atoms with Crippen LogP contribution >= 0.6 is 15.9 Å². The molecule has 0 spiro atoms. The standard InChI is InChI=1S/C12H11BrFN3O3/c13-8-5-7(17(18)19)6-9-11(8)12(14)15-16(9)10-3-1-2-4-20-10/h5-6,10H,1-4H2. The molecule has 1 atom stereocenters. The monoisotopic (exact) mass is 343 g/mol. The molecule has 1 unspecified atom stereocenters. The SMILES string of the molecule is O=[N+]([O-])c1cc(Br)c2c(F)nn(C3CCCCO3)c2c1. The van der Waals surface area contributed by atoms with E-state index < -0.39 is 10.9 Å². The van der Waals surface area contributed by atoms with Gasteiger partial charge in [0.15, 0.2) is 6.23 Å². The van der Waals surface area contributed by atoms with Crippen molar-refractivity contribution < 1.29 is 14.1 Å². The van der Waals surface area contributed by atoms with Crippen molar-refractivity contribution >= 4 is 32.5 Å². The molecule has 1 aliphatic heterocycles. The minimum Gasteiger partial charge on any atom is -0.356 e. The van der Waals surface area contributed by atoms with Crippen molar-refractivity contribution in [2.24, 2.45) is 0 Å². The van der Waals surface area contributed by atoms with Crippen LogP contribution in [0.1, 0.15) is 25.5 Å². The van der Waals surface area contributed by atoms with Crippen LogP contribution < -0.4 is 0 Å². The summed E-state index contributed by atoms with van der Waals surface area (Å²) in [5.41, 5.74) is 0.261. The number of aromatic nitrogens is 2. The summed E-state index contributed by atoms with van der Waals surface area (Å²) in [6.45, 7) is 0.587.